The van der Waals surface area contributed by atoms with Crippen LogP contribution in [-0.2, 0) is 10.0 Å². The second-order valence-electron chi connectivity index (χ2n) is 3.00. The summed E-state index contributed by atoms with van der Waals surface area (Å²) in [6.07, 6.45) is 0. The van der Waals surface area contributed by atoms with E-state index in [1.54, 1.807) is 0 Å². The highest BCUT2D eigenvalue weighted by Crippen LogP contribution is 2.23. The van der Waals surface area contributed by atoms with E-state index < -0.39 is 32.8 Å². The smallest absolute Gasteiger partial charge is 0.268 e. The van der Waals surface area contributed by atoms with Crippen LogP contribution in [0, 0.1) is 5.82 Å². The summed E-state index contributed by atoms with van der Waals surface area (Å²) < 4.78 is 70.9. The molecule has 0 aliphatic carbocycles. The molecule has 0 saturated carbocycles. The summed E-state index contributed by atoms with van der Waals surface area (Å²) >= 11 is 2.79. The van der Waals surface area contributed by atoms with Gasteiger partial charge in [-0.25, -0.2) is 9.11 Å². The number of hydrogen-bond donors (Lipinski definition) is 1. The molecular weight excluding hydrogens is 346 g/mol. The maximum atomic E-state index is 12.8. The molecule has 1 N–H and O–H groups in total. The van der Waals surface area contributed by atoms with Gasteiger partial charge in [-0.2, -0.15) is 21.6 Å². The topological polar surface area (TPSA) is 63.2 Å². The minimum absolute atomic E-state index is 0.0428. The van der Waals surface area contributed by atoms with Gasteiger partial charge in [-0.15, -0.1) is 0 Å². The van der Waals surface area contributed by atoms with Crippen molar-refractivity contribution in [1.29, 1.82) is 0 Å². The van der Waals surface area contributed by atoms with Crippen molar-refractivity contribution in [3.05, 3.63) is 34.1 Å². The summed E-state index contributed by atoms with van der Waals surface area (Å²) in [6, 6.07) is 2.61. The first-order valence-corrected chi connectivity index (χ1v) is 6.40. The number of nitrogens with one attached hydrogen (secondary N) is 1. The Balaban J connectivity index is 3.08. The molecule has 0 atom stereocenters. The van der Waals surface area contributed by atoms with Gasteiger partial charge in [0.15, 0.2) is 0 Å². The molecule has 0 aliphatic heterocycles. The number of carbonyl (C=O) groups is 1. The van der Waals surface area contributed by atoms with Crippen LogP contribution in [0.1, 0.15) is 10.4 Å². The van der Waals surface area contributed by atoms with E-state index in [0.717, 1.165) is 16.9 Å². The van der Waals surface area contributed by atoms with Crippen LogP contribution in [0.25, 0.3) is 0 Å². The highest BCUT2D eigenvalue weighted by Gasteiger charge is 2.47. The molecule has 18 heavy (non-hydrogen) atoms. The third-order valence-electron chi connectivity index (χ3n) is 1.70. The monoisotopic (exact) mass is 349 g/mol. The van der Waals surface area contributed by atoms with Crippen LogP contribution in [0.15, 0.2) is 22.7 Å². The lowest BCUT2D eigenvalue weighted by atomic mass is 10.2. The largest absolute Gasteiger partial charge is 0.516 e. The van der Waals surface area contributed by atoms with Gasteiger partial charge in [0.2, 0.25) is 0 Å². The van der Waals surface area contributed by atoms with Crippen LogP contribution in [0.4, 0.5) is 17.6 Å². The predicted octanol–water partition coefficient (Wildman–Crippen LogP) is 2.17. The Kier molecular flexibility index (Phi) is 4.01. The Hall–Kier alpha value is -1.16. The summed E-state index contributed by atoms with van der Waals surface area (Å²) in [6.45, 7) is 0. The zero-order valence-corrected chi connectivity index (χ0v) is 10.7. The van der Waals surface area contributed by atoms with Crippen molar-refractivity contribution < 1.29 is 30.8 Å². The van der Waals surface area contributed by atoms with Crippen molar-refractivity contribution in [2.45, 2.75) is 5.51 Å². The first-order valence-electron chi connectivity index (χ1n) is 4.13. The van der Waals surface area contributed by atoms with E-state index in [1.165, 1.54) is 0 Å². The zero-order valence-electron chi connectivity index (χ0n) is 8.25. The molecule has 10 heteroatoms. The Morgan fingerprint density at radius 3 is 2.33 bits per heavy atom. The molecule has 4 nitrogen and oxygen atoms in total. The second-order valence-corrected chi connectivity index (χ2v) is 5.53. The van der Waals surface area contributed by atoms with E-state index in [2.05, 4.69) is 15.9 Å². The summed E-state index contributed by atoms with van der Waals surface area (Å²) in [5.74, 6) is -2.48. The van der Waals surface area contributed by atoms with E-state index in [4.69, 9.17) is 0 Å². The molecule has 0 aliphatic rings. The Labute approximate surface area is 107 Å². The van der Waals surface area contributed by atoms with Crippen molar-refractivity contribution in [3.8, 4) is 0 Å². The second kappa shape index (κ2) is 4.84. The fraction of sp³-hybridized carbons (Fsp3) is 0.125. The highest BCUT2D eigenvalue weighted by atomic mass is 79.9. The van der Waals surface area contributed by atoms with E-state index in [9.17, 15) is 30.8 Å². The number of sulfonamides is 1. The summed E-state index contributed by atoms with van der Waals surface area (Å²) in [5, 5.41) is 0. The quantitative estimate of drug-likeness (QED) is 0.832. The van der Waals surface area contributed by atoms with Crippen molar-refractivity contribution >= 4 is 31.9 Å². The van der Waals surface area contributed by atoms with Crippen LogP contribution in [0.2, 0.25) is 0 Å². The van der Waals surface area contributed by atoms with Gasteiger partial charge >= 0.3 is 15.5 Å². The fourth-order valence-corrected chi connectivity index (χ4v) is 1.80. The van der Waals surface area contributed by atoms with Gasteiger partial charge < -0.3 is 0 Å². The molecule has 1 aromatic carbocycles. The van der Waals surface area contributed by atoms with Crippen LogP contribution < -0.4 is 4.72 Å². The molecule has 0 saturated heterocycles. The molecular formula is C8H4BrF4NO3S. The van der Waals surface area contributed by atoms with Crippen LogP contribution in [0.5, 0.6) is 0 Å². The zero-order chi connectivity index (χ0) is 14.1. The average Bonchev–Trinajstić information content (AvgIpc) is 2.19. The standard InChI is InChI=1S/C8H4BrF4NO3S/c9-6-2-1-4(10)3-5(6)7(15)14-18(16,17)8(11,12)13/h1-3H,(H,14,15). The van der Waals surface area contributed by atoms with Crippen molar-refractivity contribution in [3.63, 3.8) is 0 Å². The summed E-state index contributed by atoms with van der Waals surface area (Å²) in [4.78, 5) is 11.3. The molecule has 1 rings (SSSR count). The number of benzene rings is 1. The maximum absolute atomic E-state index is 12.8. The van der Waals surface area contributed by atoms with E-state index in [-0.39, 0.29) is 4.47 Å². The molecule has 0 heterocycles. The number of alkyl halides is 3. The van der Waals surface area contributed by atoms with Crippen LogP contribution in [0.3, 0.4) is 0 Å². The third kappa shape index (κ3) is 3.19. The van der Waals surface area contributed by atoms with Gasteiger partial charge in [0, 0.05) is 4.47 Å². The molecule has 100 valence electrons. The lowest BCUT2D eigenvalue weighted by Gasteiger charge is -2.10. The highest BCUT2D eigenvalue weighted by molar-refractivity contribution is 9.10. The van der Waals surface area contributed by atoms with Gasteiger partial charge in [-0.1, -0.05) is 0 Å². The normalized spacial score (nSPS) is 12.3. The van der Waals surface area contributed by atoms with Crippen LogP contribution >= 0.6 is 15.9 Å². The molecule has 0 bridgehead atoms. The Morgan fingerprint density at radius 1 is 1.28 bits per heavy atom. The number of halogens is 5. The molecule has 0 unspecified atom stereocenters. The summed E-state index contributed by atoms with van der Waals surface area (Å²) in [7, 11) is -5.82. The number of rotatable bonds is 2. The maximum Gasteiger partial charge on any atom is 0.516 e. The predicted molar refractivity (Wildman–Crippen MR) is 56.5 cm³/mol. The minimum atomic E-state index is -5.82. The lowest BCUT2D eigenvalue weighted by Crippen LogP contribution is -2.40. The number of hydrogen-bond acceptors (Lipinski definition) is 3. The molecule has 1 amide bonds. The van der Waals surface area contributed by atoms with Crippen LogP contribution in [-0.4, -0.2) is 19.8 Å². The number of amides is 1. The first-order chi connectivity index (χ1) is 8.04. The molecule has 0 radical (unpaired) electrons. The van der Waals surface area contributed by atoms with Crippen molar-refractivity contribution in [1.82, 2.24) is 4.72 Å². The number of carbonyl (C=O) groups excluding carboxylic acids is 1. The van der Waals surface area contributed by atoms with Gasteiger partial charge in [0.05, 0.1) is 5.56 Å². The van der Waals surface area contributed by atoms with Gasteiger partial charge in [-0.3, -0.25) is 4.79 Å². The third-order valence-corrected chi connectivity index (χ3v) is 3.46. The fourth-order valence-electron chi connectivity index (χ4n) is 0.906. The molecule has 1 aromatic rings. The average molecular weight is 350 g/mol. The SMILES string of the molecule is O=C(NS(=O)(=O)C(F)(F)F)c1cc(F)ccc1Br. The minimum Gasteiger partial charge on any atom is -0.268 e. The Morgan fingerprint density at radius 2 is 1.83 bits per heavy atom. The van der Waals surface area contributed by atoms with Gasteiger partial charge in [0.1, 0.15) is 5.82 Å². The van der Waals surface area contributed by atoms with Crippen molar-refractivity contribution in [2.75, 3.05) is 0 Å². The van der Waals surface area contributed by atoms with E-state index in [0.29, 0.717) is 6.07 Å². The lowest BCUT2D eigenvalue weighted by molar-refractivity contribution is -0.0446. The molecule has 0 fully saturated rings. The molecule has 0 spiro atoms. The Bertz CT molecular complexity index is 584. The van der Waals surface area contributed by atoms with E-state index >= 15 is 0 Å². The van der Waals surface area contributed by atoms with Crippen molar-refractivity contribution in [2.24, 2.45) is 0 Å². The molecule has 0 aromatic heterocycles. The van der Waals surface area contributed by atoms with E-state index in [1.807, 2.05) is 0 Å². The van der Waals surface area contributed by atoms with Gasteiger partial charge in [-0.05, 0) is 34.1 Å². The summed E-state index contributed by atoms with van der Waals surface area (Å²) in [5.41, 5.74) is -6.19. The first kappa shape index (κ1) is 14.9. The van der Waals surface area contributed by atoms with Gasteiger partial charge in [0.25, 0.3) is 5.91 Å².